The summed E-state index contributed by atoms with van der Waals surface area (Å²) >= 11 is 1.41. The highest BCUT2D eigenvalue weighted by atomic mass is 32.1. The standard InChI is InChI=1S/C18H23N3O3S/c1-3-24-13-8-9-14-15(10-13)25-18(20-14)21-17(23)16(19-11(2)22)12-6-4-5-7-12/h8-10,12,16H,3-7H2,1-2H3,(H,19,22)(H,20,21,23). The molecule has 2 aromatic rings. The van der Waals surface area contributed by atoms with Crippen LogP contribution >= 0.6 is 11.3 Å². The summed E-state index contributed by atoms with van der Waals surface area (Å²) in [6.07, 6.45) is 4.15. The number of hydrogen-bond donors (Lipinski definition) is 2. The Balaban J connectivity index is 1.75. The third-order valence-corrected chi connectivity index (χ3v) is 5.35. The predicted octanol–water partition coefficient (Wildman–Crippen LogP) is 3.33. The van der Waals surface area contributed by atoms with Crippen LogP contribution in [0, 0.1) is 5.92 Å². The molecule has 3 rings (SSSR count). The molecule has 134 valence electrons. The Labute approximate surface area is 151 Å². The molecular weight excluding hydrogens is 338 g/mol. The minimum absolute atomic E-state index is 0.183. The molecule has 6 nitrogen and oxygen atoms in total. The number of anilines is 1. The van der Waals surface area contributed by atoms with Crippen molar-refractivity contribution in [2.45, 2.75) is 45.6 Å². The van der Waals surface area contributed by atoms with E-state index in [0.717, 1.165) is 41.6 Å². The molecule has 1 aliphatic rings. The molecule has 1 aliphatic carbocycles. The SMILES string of the molecule is CCOc1ccc2nc(NC(=O)C(NC(C)=O)C3CCCC3)sc2c1. The number of rotatable bonds is 6. The normalized spacial score (nSPS) is 15.9. The molecule has 7 heteroatoms. The van der Waals surface area contributed by atoms with Crippen LogP contribution in [0.1, 0.15) is 39.5 Å². The van der Waals surface area contributed by atoms with Crippen molar-refractivity contribution in [2.24, 2.45) is 5.92 Å². The molecule has 0 saturated heterocycles. The van der Waals surface area contributed by atoms with Crippen molar-refractivity contribution in [3.63, 3.8) is 0 Å². The van der Waals surface area contributed by atoms with Gasteiger partial charge in [-0.15, -0.1) is 0 Å². The van der Waals surface area contributed by atoms with Crippen LogP contribution in [-0.2, 0) is 9.59 Å². The molecule has 0 bridgehead atoms. The minimum atomic E-state index is -0.494. The topological polar surface area (TPSA) is 80.3 Å². The fraction of sp³-hybridized carbons (Fsp3) is 0.500. The van der Waals surface area contributed by atoms with Gasteiger partial charge in [0.05, 0.1) is 16.8 Å². The van der Waals surface area contributed by atoms with Crippen molar-refractivity contribution in [1.82, 2.24) is 10.3 Å². The maximum Gasteiger partial charge on any atom is 0.249 e. The maximum absolute atomic E-state index is 12.7. The zero-order valence-electron chi connectivity index (χ0n) is 14.5. The molecule has 2 amide bonds. The molecule has 1 heterocycles. The average molecular weight is 361 g/mol. The number of ether oxygens (including phenoxy) is 1. The summed E-state index contributed by atoms with van der Waals surface area (Å²) < 4.78 is 6.45. The van der Waals surface area contributed by atoms with E-state index < -0.39 is 6.04 Å². The number of thiazole rings is 1. The monoisotopic (exact) mass is 361 g/mol. The summed E-state index contributed by atoms with van der Waals surface area (Å²) in [6.45, 7) is 3.99. The molecule has 1 fully saturated rings. The molecule has 25 heavy (non-hydrogen) atoms. The van der Waals surface area contributed by atoms with Crippen LogP contribution in [-0.4, -0.2) is 29.4 Å². The number of carbonyl (C=O) groups excluding carboxylic acids is 2. The Morgan fingerprint density at radius 2 is 2.12 bits per heavy atom. The van der Waals surface area contributed by atoms with Gasteiger partial charge in [0.15, 0.2) is 5.13 Å². The van der Waals surface area contributed by atoms with Crippen molar-refractivity contribution in [1.29, 1.82) is 0 Å². The number of aromatic nitrogens is 1. The summed E-state index contributed by atoms with van der Waals surface area (Å²) in [5.41, 5.74) is 0.820. The van der Waals surface area contributed by atoms with E-state index in [1.165, 1.54) is 18.3 Å². The van der Waals surface area contributed by atoms with Crippen molar-refractivity contribution < 1.29 is 14.3 Å². The van der Waals surface area contributed by atoms with Gasteiger partial charge in [-0.25, -0.2) is 4.98 Å². The first-order chi connectivity index (χ1) is 12.1. The fourth-order valence-corrected chi connectivity index (χ4v) is 4.20. The van der Waals surface area contributed by atoms with Gasteiger partial charge < -0.3 is 15.4 Å². The van der Waals surface area contributed by atoms with E-state index >= 15 is 0 Å². The van der Waals surface area contributed by atoms with E-state index in [1.807, 2.05) is 25.1 Å². The Morgan fingerprint density at radius 3 is 2.80 bits per heavy atom. The lowest BCUT2D eigenvalue weighted by atomic mass is 9.97. The average Bonchev–Trinajstić information content (AvgIpc) is 3.21. The second kappa shape index (κ2) is 7.82. The highest BCUT2D eigenvalue weighted by molar-refractivity contribution is 7.22. The molecule has 1 atom stereocenters. The second-order valence-corrected chi connectivity index (χ2v) is 7.32. The number of benzene rings is 1. The quantitative estimate of drug-likeness (QED) is 0.827. The third kappa shape index (κ3) is 4.28. The zero-order chi connectivity index (χ0) is 17.8. The lowest BCUT2D eigenvalue weighted by molar-refractivity contribution is -0.126. The molecule has 1 saturated carbocycles. The van der Waals surface area contributed by atoms with E-state index in [-0.39, 0.29) is 17.7 Å². The Morgan fingerprint density at radius 1 is 1.36 bits per heavy atom. The minimum Gasteiger partial charge on any atom is -0.494 e. The number of nitrogens with one attached hydrogen (secondary N) is 2. The summed E-state index contributed by atoms with van der Waals surface area (Å²) in [7, 11) is 0. The van der Waals surface area contributed by atoms with Gasteiger partial charge in [0.25, 0.3) is 0 Å². The number of fused-ring (bicyclic) bond motifs is 1. The van der Waals surface area contributed by atoms with Crippen LogP contribution in [0.2, 0.25) is 0 Å². The number of amides is 2. The maximum atomic E-state index is 12.7. The van der Waals surface area contributed by atoms with Gasteiger partial charge in [0.2, 0.25) is 11.8 Å². The van der Waals surface area contributed by atoms with Crippen molar-refractivity contribution in [3.8, 4) is 5.75 Å². The zero-order valence-corrected chi connectivity index (χ0v) is 15.3. The molecule has 1 aromatic heterocycles. The van der Waals surface area contributed by atoms with E-state index in [0.29, 0.717) is 11.7 Å². The van der Waals surface area contributed by atoms with Crippen LogP contribution < -0.4 is 15.4 Å². The van der Waals surface area contributed by atoms with Crippen LogP contribution in [0.5, 0.6) is 5.75 Å². The van der Waals surface area contributed by atoms with Crippen LogP contribution in [0.3, 0.4) is 0 Å². The van der Waals surface area contributed by atoms with E-state index in [2.05, 4.69) is 15.6 Å². The highest BCUT2D eigenvalue weighted by Crippen LogP contribution is 2.31. The molecule has 1 unspecified atom stereocenters. The van der Waals surface area contributed by atoms with Gasteiger partial charge in [0, 0.05) is 6.92 Å². The van der Waals surface area contributed by atoms with E-state index in [1.54, 1.807) is 0 Å². The first-order valence-corrected chi connectivity index (χ1v) is 9.50. The van der Waals surface area contributed by atoms with Crippen molar-refractivity contribution in [3.05, 3.63) is 18.2 Å². The third-order valence-electron chi connectivity index (χ3n) is 4.41. The van der Waals surface area contributed by atoms with Crippen LogP contribution in [0.15, 0.2) is 18.2 Å². The molecule has 0 aliphatic heterocycles. The van der Waals surface area contributed by atoms with Gasteiger partial charge in [-0.2, -0.15) is 0 Å². The Hall–Kier alpha value is -2.15. The number of hydrogen-bond acceptors (Lipinski definition) is 5. The Kier molecular flexibility index (Phi) is 5.53. The van der Waals surface area contributed by atoms with Gasteiger partial charge >= 0.3 is 0 Å². The highest BCUT2D eigenvalue weighted by Gasteiger charge is 2.31. The summed E-state index contributed by atoms with van der Waals surface area (Å²) in [5.74, 6) is 0.616. The molecule has 0 radical (unpaired) electrons. The molecule has 1 aromatic carbocycles. The smallest absolute Gasteiger partial charge is 0.249 e. The van der Waals surface area contributed by atoms with E-state index in [4.69, 9.17) is 4.74 Å². The van der Waals surface area contributed by atoms with Gasteiger partial charge in [-0.3, -0.25) is 9.59 Å². The second-order valence-electron chi connectivity index (χ2n) is 6.29. The van der Waals surface area contributed by atoms with Gasteiger partial charge in [-0.1, -0.05) is 24.2 Å². The van der Waals surface area contributed by atoms with Gasteiger partial charge in [-0.05, 0) is 43.9 Å². The van der Waals surface area contributed by atoms with Crippen molar-refractivity contribution in [2.75, 3.05) is 11.9 Å². The molecule has 2 N–H and O–H groups in total. The van der Waals surface area contributed by atoms with Crippen molar-refractivity contribution >= 4 is 38.5 Å². The van der Waals surface area contributed by atoms with E-state index in [9.17, 15) is 9.59 Å². The lowest BCUT2D eigenvalue weighted by Gasteiger charge is -2.22. The largest absolute Gasteiger partial charge is 0.494 e. The molecular formula is C18H23N3O3S. The number of nitrogens with zero attached hydrogens (tertiary/aromatic N) is 1. The summed E-state index contributed by atoms with van der Waals surface area (Å²) in [6, 6.07) is 5.19. The lowest BCUT2D eigenvalue weighted by Crippen LogP contribution is -2.47. The fourth-order valence-electron chi connectivity index (χ4n) is 3.31. The van der Waals surface area contributed by atoms with Gasteiger partial charge in [0.1, 0.15) is 11.8 Å². The number of carbonyl (C=O) groups is 2. The van der Waals surface area contributed by atoms with Crippen LogP contribution in [0.4, 0.5) is 5.13 Å². The summed E-state index contributed by atoms with van der Waals surface area (Å²) in [5, 5.41) is 6.23. The van der Waals surface area contributed by atoms with Crippen LogP contribution in [0.25, 0.3) is 10.2 Å². The first-order valence-electron chi connectivity index (χ1n) is 8.68. The molecule has 0 spiro atoms. The predicted molar refractivity (Wildman–Crippen MR) is 99.0 cm³/mol. The summed E-state index contributed by atoms with van der Waals surface area (Å²) in [4.78, 5) is 28.6. The Bertz CT molecular complexity index is 768. The first kappa shape index (κ1) is 17.7.